The molecule has 0 saturated heterocycles. The molecule has 0 bridgehead atoms. The number of nitrogens with zero attached hydrogens (tertiary/aromatic N) is 2. The summed E-state index contributed by atoms with van der Waals surface area (Å²) in [6.07, 6.45) is 21.7. The van der Waals surface area contributed by atoms with E-state index in [1.165, 1.54) is 44.6 Å². The first kappa shape index (κ1) is 28.9. The topological polar surface area (TPSA) is 6.48 Å². The normalized spacial score (nSPS) is 20.8. The lowest BCUT2D eigenvalue weighted by atomic mass is 9.73. The third-order valence-electron chi connectivity index (χ3n) is 9.80. The molecule has 228 valence electrons. The second-order valence-corrected chi connectivity index (χ2v) is 13.0. The van der Waals surface area contributed by atoms with Crippen molar-refractivity contribution in [2.45, 2.75) is 33.1 Å². The summed E-state index contributed by atoms with van der Waals surface area (Å²) in [4.78, 5) is 4.89. The average Bonchev–Trinajstić information content (AvgIpc) is 3.11. The Kier molecular flexibility index (Phi) is 7.39. The minimum absolute atomic E-state index is 0.186. The van der Waals surface area contributed by atoms with Crippen LogP contribution in [0.15, 0.2) is 179 Å². The van der Waals surface area contributed by atoms with Crippen LogP contribution >= 0.6 is 0 Å². The van der Waals surface area contributed by atoms with Gasteiger partial charge in [0.2, 0.25) is 0 Å². The van der Waals surface area contributed by atoms with Crippen molar-refractivity contribution in [1.29, 1.82) is 0 Å². The smallest absolute Gasteiger partial charge is 0.0973 e. The Balaban J connectivity index is 1.40. The quantitative estimate of drug-likeness (QED) is 0.202. The van der Waals surface area contributed by atoms with Gasteiger partial charge in [0, 0.05) is 45.9 Å². The molecule has 0 fully saturated rings. The van der Waals surface area contributed by atoms with Crippen molar-refractivity contribution >= 4 is 33.9 Å². The third-order valence-corrected chi connectivity index (χ3v) is 9.80. The van der Waals surface area contributed by atoms with Crippen molar-refractivity contribution in [3.63, 3.8) is 0 Å². The SMILES string of the molecule is CC1=C=C=C(N(c2ccccc2)c2cc3c(c4ccccc24)C=C(N(C2=CC=C(C)C[C@H]2C)c2ccccc2)C2C=CC=CC32)C=C1. The van der Waals surface area contributed by atoms with E-state index in [2.05, 4.69) is 188 Å². The van der Waals surface area contributed by atoms with Crippen molar-refractivity contribution < 1.29 is 0 Å². The number of para-hydroxylation sites is 2. The lowest BCUT2D eigenvalue weighted by Crippen LogP contribution is -2.34. The Bertz CT molecular complexity index is 2170. The molecule has 3 atom stereocenters. The summed E-state index contributed by atoms with van der Waals surface area (Å²) >= 11 is 0. The fraction of sp³-hybridized carbons (Fsp3) is 0.156. The lowest BCUT2D eigenvalue weighted by Gasteiger charge is -2.42. The molecule has 4 aliphatic rings. The van der Waals surface area contributed by atoms with Gasteiger partial charge in [-0.05, 0) is 103 Å². The van der Waals surface area contributed by atoms with Crippen molar-refractivity contribution in [2.24, 2.45) is 11.8 Å². The van der Waals surface area contributed by atoms with Gasteiger partial charge < -0.3 is 9.80 Å². The van der Waals surface area contributed by atoms with E-state index in [0.29, 0.717) is 5.92 Å². The minimum Gasteiger partial charge on any atom is -0.317 e. The van der Waals surface area contributed by atoms with Gasteiger partial charge in [0.05, 0.1) is 11.4 Å². The predicted molar refractivity (Wildman–Crippen MR) is 198 cm³/mol. The van der Waals surface area contributed by atoms with E-state index in [0.717, 1.165) is 29.1 Å². The Labute approximate surface area is 278 Å². The zero-order valence-corrected chi connectivity index (χ0v) is 27.2. The third kappa shape index (κ3) is 5.19. The van der Waals surface area contributed by atoms with Crippen LogP contribution in [-0.2, 0) is 0 Å². The van der Waals surface area contributed by atoms with Gasteiger partial charge in [0.25, 0.3) is 0 Å². The van der Waals surface area contributed by atoms with Crippen LogP contribution in [0.1, 0.15) is 44.2 Å². The Morgan fingerprint density at radius 2 is 1.32 bits per heavy atom. The van der Waals surface area contributed by atoms with Crippen LogP contribution < -0.4 is 9.80 Å². The highest BCUT2D eigenvalue weighted by Gasteiger charge is 2.37. The summed E-state index contributed by atoms with van der Waals surface area (Å²) < 4.78 is 0. The first-order valence-electron chi connectivity index (χ1n) is 16.7. The van der Waals surface area contributed by atoms with Crippen LogP contribution in [0.5, 0.6) is 0 Å². The molecule has 0 N–H and O–H groups in total. The molecule has 4 aromatic rings. The maximum Gasteiger partial charge on any atom is 0.0973 e. The van der Waals surface area contributed by atoms with Crippen LogP contribution in [0.25, 0.3) is 16.8 Å². The molecule has 47 heavy (non-hydrogen) atoms. The molecule has 0 aliphatic heterocycles. The highest BCUT2D eigenvalue weighted by atomic mass is 15.2. The summed E-state index contributed by atoms with van der Waals surface area (Å²) in [6.45, 7) is 6.67. The molecule has 0 spiro atoms. The molecule has 4 aromatic carbocycles. The maximum absolute atomic E-state index is 3.46. The maximum atomic E-state index is 3.46. The molecule has 2 nitrogen and oxygen atoms in total. The van der Waals surface area contributed by atoms with Crippen molar-refractivity contribution in [3.8, 4) is 0 Å². The number of fused-ring (bicyclic) bond motifs is 5. The molecule has 0 aromatic heterocycles. The first-order chi connectivity index (χ1) is 23.1. The first-order valence-corrected chi connectivity index (χ1v) is 16.7. The van der Waals surface area contributed by atoms with Gasteiger partial charge in [-0.25, -0.2) is 0 Å². The zero-order valence-electron chi connectivity index (χ0n) is 27.2. The second kappa shape index (κ2) is 12.0. The van der Waals surface area contributed by atoms with Crippen LogP contribution in [0.3, 0.4) is 0 Å². The standard InChI is InChI=1S/C45H38N2/c1-31-22-25-36(26-23-31)46(34-14-6-4-7-15-34)44-29-41-38-19-11-13-21-40(38)45(30-42(41)37-18-10-12-20-39(37)44)47(35-16-8-5-9-17-35)43-27-24-32(2)28-33(43)3/h4-22,24-25,27,29-30,33,38,40H,28H2,1-3H3/t33-,38?,40?/m1/s1. The largest absolute Gasteiger partial charge is 0.317 e. The highest BCUT2D eigenvalue weighted by molar-refractivity contribution is 6.04. The van der Waals surface area contributed by atoms with Gasteiger partial charge in [-0.3, -0.25) is 0 Å². The molecule has 0 saturated carbocycles. The summed E-state index contributed by atoms with van der Waals surface area (Å²) in [7, 11) is 0. The number of benzene rings is 4. The van der Waals surface area contributed by atoms with Gasteiger partial charge in [-0.1, -0.05) is 109 Å². The summed E-state index contributed by atoms with van der Waals surface area (Å²) in [5.41, 5.74) is 19.1. The van der Waals surface area contributed by atoms with Gasteiger partial charge in [0.1, 0.15) is 0 Å². The van der Waals surface area contributed by atoms with E-state index in [9.17, 15) is 0 Å². The molecule has 2 heteroatoms. The molecule has 4 aliphatic carbocycles. The van der Waals surface area contributed by atoms with E-state index in [-0.39, 0.29) is 11.8 Å². The van der Waals surface area contributed by atoms with Crippen LogP contribution in [0, 0.1) is 11.8 Å². The van der Waals surface area contributed by atoms with Crippen molar-refractivity contribution in [2.75, 3.05) is 9.80 Å². The molecule has 2 unspecified atom stereocenters. The van der Waals surface area contributed by atoms with E-state index in [1.807, 2.05) is 0 Å². The fourth-order valence-corrected chi connectivity index (χ4v) is 7.60. The zero-order chi connectivity index (χ0) is 31.9. The molecule has 8 rings (SSSR count). The number of allylic oxidation sites excluding steroid dienone is 11. The van der Waals surface area contributed by atoms with Crippen LogP contribution in [0.2, 0.25) is 0 Å². The van der Waals surface area contributed by atoms with Gasteiger partial charge in [-0.2, -0.15) is 0 Å². The Morgan fingerprint density at radius 1 is 0.660 bits per heavy atom. The van der Waals surface area contributed by atoms with Crippen molar-refractivity contribution in [1.82, 2.24) is 0 Å². The van der Waals surface area contributed by atoms with E-state index in [1.54, 1.807) is 0 Å². The van der Waals surface area contributed by atoms with Crippen molar-refractivity contribution in [3.05, 3.63) is 190 Å². The minimum atomic E-state index is 0.186. The van der Waals surface area contributed by atoms with E-state index >= 15 is 0 Å². The highest BCUT2D eigenvalue weighted by Crippen LogP contribution is 2.50. The Morgan fingerprint density at radius 3 is 2.00 bits per heavy atom. The van der Waals surface area contributed by atoms with Gasteiger partial charge in [-0.15, -0.1) is 0 Å². The summed E-state index contributed by atoms with van der Waals surface area (Å²) in [6, 6.07) is 32.9. The van der Waals surface area contributed by atoms with Gasteiger partial charge in [0.15, 0.2) is 0 Å². The molecule has 0 heterocycles. The Hall–Kier alpha value is -5.52. The number of rotatable bonds is 6. The predicted octanol–water partition coefficient (Wildman–Crippen LogP) is 11.7. The number of hydrogen-bond acceptors (Lipinski definition) is 2. The molecular weight excluding hydrogens is 569 g/mol. The van der Waals surface area contributed by atoms with Crippen LogP contribution in [0.4, 0.5) is 17.1 Å². The number of anilines is 3. The summed E-state index contributed by atoms with van der Waals surface area (Å²) in [5.74, 6) is 0.781. The fourth-order valence-electron chi connectivity index (χ4n) is 7.60. The molecular formula is C45H38N2. The average molecular weight is 607 g/mol. The van der Waals surface area contributed by atoms with E-state index < -0.39 is 0 Å². The number of hydrogen-bond donors (Lipinski definition) is 0. The second-order valence-electron chi connectivity index (χ2n) is 13.0. The van der Waals surface area contributed by atoms with Gasteiger partial charge >= 0.3 is 0 Å². The summed E-state index contributed by atoms with van der Waals surface area (Å²) in [5, 5.41) is 2.47. The monoisotopic (exact) mass is 606 g/mol. The molecule has 0 radical (unpaired) electrons. The molecule has 0 amide bonds. The lowest BCUT2D eigenvalue weighted by molar-refractivity contribution is 0.597. The van der Waals surface area contributed by atoms with E-state index in [4.69, 9.17) is 0 Å². The van der Waals surface area contributed by atoms with Crippen LogP contribution in [-0.4, -0.2) is 0 Å².